The molecular weight excluding hydrogens is 292 g/mol. The molecule has 0 fully saturated rings. The maximum atomic E-state index is 11.9. The van der Waals surface area contributed by atoms with Gasteiger partial charge in [-0.3, -0.25) is 4.79 Å². The zero-order chi connectivity index (χ0) is 16.2. The molecule has 6 nitrogen and oxygen atoms in total. The number of H-pyrrole nitrogens is 1. The number of phenolic OH excluding ortho intramolecular Hbond substituents is 1. The average Bonchev–Trinajstić information content (AvgIpc) is 3.01. The van der Waals surface area contributed by atoms with Crippen LogP contribution in [-0.4, -0.2) is 34.1 Å². The Balaban J connectivity index is 1.80. The molecule has 0 saturated heterocycles. The zero-order valence-electron chi connectivity index (χ0n) is 12.5. The third-order valence-corrected chi connectivity index (χ3v) is 3.58. The predicted molar refractivity (Wildman–Crippen MR) is 89.2 cm³/mol. The van der Waals surface area contributed by atoms with Gasteiger partial charge in [-0.1, -0.05) is 18.2 Å². The number of nitrogens with zero attached hydrogens (tertiary/aromatic N) is 1. The summed E-state index contributed by atoms with van der Waals surface area (Å²) >= 11 is 0. The first kappa shape index (κ1) is 15.1. The zero-order valence-corrected chi connectivity index (χ0v) is 12.5. The van der Waals surface area contributed by atoms with Crippen molar-refractivity contribution < 1.29 is 9.90 Å². The average molecular weight is 310 g/mol. The number of benzene rings is 2. The lowest BCUT2D eigenvalue weighted by Crippen LogP contribution is -2.25. The maximum absolute atomic E-state index is 11.9. The van der Waals surface area contributed by atoms with Crippen molar-refractivity contribution in [1.82, 2.24) is 15.3 Å². The van der Waals surface area contributed by atoms with Crippen molar-refractivity contribution in [2.45, 2.75) is 6.42 Å². The van der Waals surface area contributed by atoms with E-state index in [4.69, 9.17) is 5.73 Å². The third kappa shape index (κ3) is 3.17. The third-order valence-electron chi connectivity index (χ3n) is 3.58. The van der Waals surface area contributed by atoms with Crippen molar-refractivity contribution in [3.05, 3.63) is 48.0 Å². The van der Waals surface area contributed by atoms with Gasteiger partial charge in [0.05, 0.1) is 5.52 Å². The van der Waals surface area contributed by atoms with E-state index in [0.29, 0.717) is 30.0 Å². The molecule has 1 amide bonds. The summed E-state index contributed by atoms with van der Waals surface area (Å²) in [5.74, 6) is 0.671. The highest BCUT2D eigenvalue weighted by Gasteiger charge is 2.09. The first-order valence-corrected chi connectivity index (χ1v) is 7.45. The van der Waals surface area contributed by atoms with E-state index in [2.05, 4.69) is 15.3 Å². The van der Waals surface area contributed by atoms with Crippen LogP contribution in [-0.2, 0) is 0 Å². The summed E-state index contributed by atoms with van der Waals surface area (Å²) in [5.41, 5.74) is 8.14. The van der Waals surface area contributed by atoms with Gasteiger partial charge in [-0.2, -0.15) is 0 Å². The number of nitrogens with two attached hydrogens (primary N) is 1. The molecule has 3 rings (SSSR count). The van der Waals surface area contributed by atoms with Crippen molar-refractivity contribution in [3.8, 4) is 17.1 Å². The molecule has 6 heteroatoms. The Morgan fingerprint density at radius 3 is 2.70 bits per heavy atom. The molecule has 1 aromatic heterocycles. The second-order valence-corrected chi connectivity index (χ2v) is 5.23. The second kappa shape index (κ2) is 6.50. The van der Waals surface area contributed by atoms with Gasteiger partial charge in [0.25, 0.3) is 5.91 Å². The Hall–Kier alpha value is -2.86. The summed E-state index contributed by atoms with van der Waals surface area (Å²) in [6.07, 6.45) is 0.756. The number of fused-ring (bicyclic) bond motifs is 1. The number of aromatic nitrogens is 2. The largest absolute Gasteiger partial charge is 0.506 e. The van der Waals surface area contributed by atoms with E-state index in [1.165, 1.54) is 0 Å². The second-order valence-electron chi connectivity index (χ2n) is 5.23. The lowest BCUT2D eigenvalue weighted by atomic mass is 10.1. The molecule has 1 heterocycles. The number of aromatic hydroxyl groups is 1. The van der Waals surface area contributed by atoms with Crippen LogP contribution in [0.4, 0.5) is 0 Å². The molecule has 0 aliphatic heterocycles. The van der Waals surface area contributed by atoms with Crippen LogP contribution in [0.5, 0.6) is 5.75 Å². The predicted octanol–water partition coefficient (Wildman–Crippen LogP) is 2.01. The summed E-state index contributed by atoms with van der Waals surface area (Å²) in [6, 6.07) is 12.4. The highest BCUT2D eigenvalue weighted by molar-refractivity contribution is 5.94. The first-order valence-electron chi connectivity index (χ1n) is 7.45. The molecule has 118 valence electrons. The molecule has 0 spiro atoms. The van der Waals surface area contributed by atoms with E-state index < -0.39 is 0 Å². The first-order chi connectivity index (χ1) is 11.2. The molecule has 0 saturated carbocycles. The summed E-state index contributed by atoms with van der Waals surface area (Å²) in [7, 11) is 0. The fourth-order valence-corrected chi connectivity index (χ4v) is 2.34. The van der Waals surface area contributed by atoms with Gasteiger partial charge in [0.1, 0.15) is 17.1 Å². The summed E-state index contributed by atoms with van der Waals surface area (Å²) < 4.78 is 0. The minimum atomic E-state index is -0.118. The lowest BCUT2D eigenvalue weighted by Gasteiger charge is -2.04. The highest BCUT2D eigenvalue weighted by Crippen LogP contribution is 2.26. The number of nitrogens with one attached hydrogen (secondary N) is 2. The van der Waals surface area contributed by atoms with Crippen LogP contribution in [0.15, 0.2) is 42.5 Å². The van der Waals surface area contributed by atoms with Crippen LogP contribution in [0.25, 0.3) is 22.4 Å². The van der Waals surface area contributed by atoms with Crippen LogP contribution in [0.1, 0.15) is 16.8 Å². The number of para-hydroxylation sites is 1. The summed E-state index contributed by atoms with van der Waals surface area (Å²) in [6.45, 7) is 1.12. The van der Waals surface area contributed by atoms with Crippen LogP contribution in [0, 0.1) is 0 Å². The van der Waals surface area contributed by atoms with E-state index >= 15 is 0 Å². The van der Waals surface area contributed by atoms with E-state index in [1.807, 2.05) is 18.2 Å². The topological polar surface area (TPSA) is 104 Å². The van der Waals surface area contributed by atoms with Crippen molar-refractivity contribution in [2.75, 3.05) is 13.1 Å². The van der Waals surface area contributed by atoms with Crippen LogP contribution >= 0.6 is 0 Å². The number of phenols is 1. The Morgan fingerprint density at radius 2 is 2.00 bits per heavy atom. The Bertz CT molecular complexity index is 824. The Labute approximate surface area is 133 Å². The standard InChI is InChI=1S/C17H18N4O2/c18-9-2-10-19-17(23)12-7-5-11(6-8-12)16-20-13-3-1-4-14(22)15(13)21-16/h1,3-8,22H,2,9-10,18H2,(H,19,23)(H,20,21). The number of rotatable bonds is 5. The smallest absolute Gasteiger partial charge is 0.251 e. The van der Waals surface area contributed by atoms with Crippen molar-refractivity contribution in [2.24, 2.45) is 5.73 Å². The van der Waals surface area contributed by atoms with Gasteiger partial charge in [-0.15, -0.1) is 0 Å². The summed E-state index contributed by atoms with van der Waals surface area (Å²) in [5, 5.41) is 12.6. The number of hydrogen-bond acceptors (Lipinski definition) is 4. The summed E-state index contributed by atoms with van der Waals surface area (Å²) in [4.78, 5) is 19.5. The SMILES string of the molecule is NCCCNC(=O)c1ccc(-c2nc3c(O)cccc3[nH]2)cc1. The molecular formula is C17H18N4O2. The number of hydrogen-bond donors (Lipinski definition) is 4. The Morgan fingerprint density at radius 1 is 1.22 bits per heavy atom. The number of aromatic amines is 1. The van der Waals surface area contributed by atoms with E-state index in [1.54, 1.807) is 24.3 Å². The van der Waals surface area contributed by atoms with Crippen LogP contribution in [0.3, 0.4) is 0 Å². The molecule has 0 aliphatic rings. The quantitative estimate of drug-likeness (QED) is 0.541. The van der Waals surface area contributed by atoms with Crippen molar-refractivity contribution >= 4 is 16.9 Å². The lowest BCUT2D eigenvalue weighted by molar-refractivity contribution is 0.0953. The molecule has 0 bridgehead atoms. The molecule has 0 atom stereocenters. The van der Waals surface area contributed by atoms with Gasteiger partial charge in [-0.25, -0.2) is 4.98 Å². The number of imidazole rings is 1. The van der Waals surface area contributed by atoms with Crippen LogP contribution in [0.2, 0.25) is 0 Å². The molecule has 0 aliphatic carbocycles. The minimum Gasteiger partial charge on any atom is -0.506 e. The fourth-order valence-electron chi connectivity index (χ4n) is 2.34. The van der Waals surface area contributed by atoms with Gasteiger partial charge >= 0.3 is 0 Å². The molecule has 0 radical (unpaired) electrons. The van der Waals surface area contributed by atoms with Gasteiger partial charge in [0.2, 0.25) is 0 Å². The van der Waals surface area contributed by atoms with Gasteiger partial charge in [0.15, 0.2) is 0 Å². The minimum absolute atomic E-state index is 0.118. The molecule has 3 aromatic rings. The van der Waals surface area contributed by atoms with E-state index in [0.717, 1.165) is 17.5 Å². The van der Waals surface area contributed by atoms with E-state index in [-0.39, 0.29) is 11.7 Å². The van der Waals surface area contributed by atoms with Crippen LogP contribution < -0.4 is 11.1 Å². The molecule has 5 N–H and O–H groups in total. The van der Waals surface area contributed by atoms with Gasteiger partial charge in [0, 0.05) is 17.7 Å². The fraction of sp³-hybridized carbons (Fsp3) is 0.176. The number of amides is 1. The monoisotopic (exact) mass is 310 g/mol. The molecule has 2 aromatic carbocycles. The highest BCUT2D eigenvalue weighted by atomic mass is 16.3. The molecule has 0 unspecified atom stereocenters. The van der Waals surface area contributed by atoms with Gasteiger partial charge in [-0.05, 0) is 37.2 Å². The van der Waals surface area contributed by atoms with E-state index in [9.17, 15) is 9.90 Å². The number of carbonyl (C=O) groups is 1. The normalized spacial score (nSPS) is 10.8. The van der Waals surface area contributed by atoms with Crippen molar-refractivity contribution in [1.29, 1.82) is 0 Å². The van der Waals surface area contributed by atoms with Crippen molar-refractivity contribution in [3.63, 3.8) is 0 Å². The number of carbonyl (C=O) groups excluding carboxylic acids is 1. The Kier molecular flexibility index (Phi) is 4.25. The maximum Gasteiger partial charge on any atom is 0.251 e. The molecule has 23 heavy (non-hydrogen) atoms. The van der Waals surface area contributed by atoms with Gasteiger partial charge < -0.3 is 21.1 Å².